The van der Waals surface area contributed by atoms with E-state index in [1.165, 1.54) is 6.21 Å². The first-order valence-electron chi connectivity index (χ1n) is 3.14. The molecule has 0 unspecified atom stereocenters. The van der Waals surface area contributed by atoms with E-state index in [0.29, 0.717) is 0 Å². The molecule has 0 N–H and O–H groups in total. The molecule has 0 rings (SSSR count). The topological polar surface area (TPSA) is 21.6 Å². The molecule has 0 amide bonds. The van der Waals surface area contributed by atoms with Crippen LogP contribution in [0, 0.1) is 5.92 Å². The molecule has 0 bridgehead atoms. The molecule has 0 fully saturated rings. The summed E-state index contributed by atoms with van der Waals surface area (Å²) in [7, 11) is 0. The minimum Gasteiger partial charge on any atom is -0.386 e. The van der Waals surface area contributed by atoms with Crippen molar-refractivity contribution >= 4 is 6.21 Å². The first-order chi connectivity index (χ1) is 4.92. The zero-order valence-corrected chi connectivity index (χ0v) is 6.35. The highest BCUT2D eigenvalue weighted by Crippen LogP contribution is 2.14. The summed E-state index contributed by atoms with van der Waals surface area (Å²) >= 11 is 0. The van der Waals surface area contributed by atoms with Crippen molar-refractivity contribution in [2.75, 3.05) is 6.61 Å². The monoisotopic (exact) mass is 169 g/mol. The third-order valence-electron chi connectivity index (χ3n) is 0.662. The second-order valence-corrected chi connectivity index (χ2v) is 2.39. The third-order valence-corrected chi connectivity index (χ3v) is 0.662. The summed E-state index contributed by atoms with van der Waals surface area (Å²) in [6.45, 7) is 2.26. The van der Waals surface area contributed by atoms with Crippen molar-refractivity contribution in [2.45, 2.75) is 20.0 Å². The largest absolute Gasteiger partial charge is 0.425 e. The number of nitrogens with zero attached hydrogens (tertiary/aromatic N) is 1. The molecule has 0 aliphatic heterocycles. The summed E-state index contributed by atoms with van der Waals surface area (Å²) in [4.78, 5) is 3.95. The highest BCUT2D eigenvalue weighted by molar-refractivity contribution is 5.58. The highest BCUT2D eigenvalue weighted by atomic mass is 19.4. The van der Waals surface area contributed by atoms with Crippen molar-refractivity contribution in [3.05, 3.63) is 0 Å². The van der Waals surface area contributed by atoms with Crippen LogP contribution in [-0.4, -0.2) is 19.0 Å². The number of alkyl halides is 3. The van der Waals surface area contributed by atoms with E-state index in [9.17, 15) is 13.2 Å². The lowest BCUT2D eigenvalue weighted by atomic mass is 10.3. The first-order valence-corrected chi connectivity index (χ1v) is 3.14. The molecule has 0 aromatic carbocycles. The van der Waals surface area contributed by atoms with Crippen LogP contribution in [0.3, 0.4) is 0 Å². The van der Waals surface area contributed by atoms with E-state index < -0.39 is 12.8 Å². The van der Waals surface area contributed by atoms with Crippen molar-refractivity contribution < 1.29 is 18.0 Å². The maximum atomic E-state index is 11.4. The van der Waals surface area contributed by atoms with E-state index in [1.807, 2.05) is 0 Å². The molecule has 5 heteroatoms. The van der Waals surface area contributed by atoms with Gasteiger partial charge in [-0.15, -0.1) is 0 Å². The number of rotatable bonds is 3. The van der Waals surface area contributed by atoms with E-state index in [0.717, 1.165) is 0 Å². The molecule has 0 atom stereocenters. The Hall–Kier alpha value is -0.740. The number of oxime groups is 1. The van der Waals surface area contributed by atoms with Gasteiger partial charge in [0.2, 0.25) is 6.61 Å². The van der Waals surface area contributed by atoms with Crippen LogP contribution in [0.1, 0.15) is 13.8 Å². The molecule has 0 aromatic heterocycles. The molecule has 0 spiro atoms. The molecule has 0 saturated heterocycles. The fourth-order valence-corrected chi connectivity index (χ4v) is 0.275. The van der Waals surface area contributed by atoms with Gasteiger partial charge in [0.15, 0.2) is 0 Å². The van der Waals surface area contributed by atoms with Gasteiger partial charge in [-0.25, -0.2) is 0 Å². The van der Waals surface area contributed by atoms with Crippen LogP contribution >= 0.6 is 0 Å². The molecule has 0 aliphatic carbocycles. The zero-order valence-electron chi connectivity index (χ0n) is 6.35. The van der Waals surface area contributed by atoms with Crippen LogP contribution in [0.2, 0.25) is 0 Å². The third kappa shape index (κ3) is 9.26. The van der Waals surface area contributed by atoms with Crippen molar-refractivity contribution in [2.24, 2.45) is 11.1 Å². The van der Waals surface area contributed by atoms with Crippen LogP contribution < -0.4 is 0 Å². The molecule has 66 valence electrons. The van der Waals surface area contributed by atoms with E-state index in [2.05, 4.69) is 9.99 Å². The predicted molar refractivity (Wildman–Crippen MR) is 35.3 cm³/mol. The van der Waals surface area contributed by atoms with Gasteiger partial charge in [0.1, 0.15) is 0 Å². The fraction of sp³-hybridized carbons (Fsp3) is 0.833. The SMILES string of the molecule is CC(C)/C=N/OCC(F)(F)F. The summed E-state index contributed by atoms with van der Waals surface area (Å²) in [5.41, 5.74) is 0. The highest BCUT2D eigenvalue weighted by Gasteiger charge is 2.28. The second kappa shape index (κ2) is 4.20. The Morgan fingerprint density at radius 2 is 2.00 bits per heavy atom. The average molecular weight is 169 g/mol. The summed E-state index contributed by atoms with van der Waals surface area (Å²) in [5, 5.41) is 3.11. The molecule has 0 radical (unpaired) electrons. The summed E-state index contributed by atoms with van der Waals surface area (Å²) in [5.74, 6) is 0.100. The molecule has 0 aromatic rings. The van der Waals surface area contributed by atoms with E-state index in [-0.39, 0.29) is 5.92 Å². The van der Waals surface area contributed by atoms with E-state index in [1.54, 1.807) is 13.8 Å². The molecular weight excluding hydrogens is 159 g/mol. The molecule has 0 aliphatic rings. The lowest BCUT2D eigenvalue weighted by Gasteiger charge is -2.03. The number of hydrogen-bond acceptors (Lipinski definition) is 2. The van der Waals surface area contributed by atoms with Gasteiger partial charge in [0.25, 0.3) is 0 Å². The van der Waals surface area contributed by atoms with Gasteiger partial charge in [-0.1, -0.05) is 19.0 Å². The summed E-state index contributed by atoms with van der Waals surface area (Å²) in [6, 6.07) is 0. The van der Waals surface area contributed by atoms with Crippen LogP contribution in [0.15, 0.2) is 5.16 Å². The second-order valence-electron chi connectivity index (χ2n) is 2.39. The molecule has 2 nitrogen and oxygen atoms in total. The van der Waals surface area contributed by atoms with Gasteiger partial charge in [-0.05, 0) is 5.92 Å². The minimum atomic E-state index is -4.30. The molecular formula is C6H10F3NO. The average Bonchev–Trinajstić information content (AvgIpc) is 1.78. The van der Waals surface area contributed by atoms with Gasteiger partial charge in [-0.2, -0.15) is 13.2 Å². The van der Waals surface area contributed by atoms with Crippen LogP contribution in [0.4, 0.5) is 13.2 Å². The molecule has 0 saturated carbocycles. The smallest absolute Gasteiger partial charge is 0.386 e. The fourth-order valence-electron chi connectivity index (χ4n) is 0.275. The van der Waals surface area contributed by atoms with Crippen molar-refractivity contribution in [1.82, 2.24) is 0 Å². The Balaban J connectivity index is 3.42. The van der Waals surface area contributed by atoms with Crippen molar-refractivity contribution in [1.29, 1.82) is 0 Å². The minimum absolute atomic E-state index is 0.100. The predicted octanol–water partition coefficient (Wildman–Crippen LogP) is 2.21. The van der Waals surface area contributed by atoms with Gasteiger partial charge >= 0.3 is 6.18 Å². The van der Waals surface area contributed by atoms with Gasteiger partial charge < -0.3 is 4.84 Å². The Bertz CT molecular complexity index is 130. The summed E-state index contributed by atoms with van der Waals surface area (Å²) in [6.07, 6.45) is -2.99. The van der Waals surface area contributed by atoms with Crippen molar-refractivity contribution in [3.8, 4) is 0 Å². The Kier molecular flexibility index (Phi) is 3.92. The normalized spacial score (nSPS) is 12.9. The Labute approximate surface area is 63.0 Å². The van der Waals surface area contributed by atoms with E-state index >= 15 is 0 Å². The number of halogens is 3. The van der Waals surface area contributed by atoms with Crippen LogP contribution in [0.25, 0.3) is 0 Å². The molecule has 11 heavy (non-hydrogen) atoms. The van der Waals surface area contributed by atoms with Gasteiger partial charge in [0, 0.05) is 6.21 Å². The maximum absolute atomic E-state index is 11.4. The Morgan fingerprint density at radius 1 is 1.45 bits per heavy atom. The van der Waals surface area contributed by atoms with Gasteiger partial charge in [-0.3, -0.25) is 0 Å². The standard InChI is InChI=1S/C6H10F3NO/c1-5(2)3-10-11-4-6(7,8)9/h3,5H,4H2,1-2H3/b10-3+. The lowest BCUT2D eigenvalue weighted by molar-refractivity contribution is -0.173. The molecule has 0 heterocycles. The Morgan fingerprint density at radius 3 is 2.36 bits per heavy atom. The first kappa shape index (κ1) is 10.3. The summed E-state index contributed by atoms with van der Waals surface area (Å²) < 4.78 is 34.1. The lowest BCUT2D eigenvalue weighted by Crippen LogP contribution is -2.15. The van der Waals surface area contributed by atoms with E-state index in [4.69, 9.17) is 0 Å². The van der Waals surface area contributed by atoms with Crippen LogP contribution in [0.5, 0.6) is 0 Å². The zero-order chi connectivity index (χ0) is 8.91. The number of hydrogen-bond donors (Lipinski definition) is 0. The maximum Gasteiger partial charge on any atom is 0.425 e. The van der Waals surface area contributed by atoms with Crippen LogP contribution in [-0.2, 0) is 4.84 Å². The van der Waals surface area contributed by atoms with Gasteiger partial charge in [0.05, 0.1) is 0 Å². The van der Waals surface area contributed by atoms with Crippen molar-refractivity contribution in [3.63, 3.8) is 0 Å². The quantitative estimate of drug-likeness (QED) is 0.468.